The van der Waals surface area contributed by atoms with Gasteiger partial charge in [-0.3, -0.25) is 19.2 Å². The van der Waals surface area contributed by atoms with Crippen molar-refractivity contribution in [2.24, 2.45) is 5.73 Å². The number of urea groups is 1. The minimum Gasteiger partial charge on any atom is -0.368 e. The summed E-state index contributed by atoms with van der Waals surface area (Å²) in [7, 11) is 0. The van der Waals surface area contributed by atoms with Crippen LogP contribution in [0.4, 0.5) is 19.3 Å². The van der Waals surface area contributed by atoms with Gasteiger partial charge in [-0.05, 0) is 43.9 Å². The van der Waals surface area contributed by atoms with Gasteiger partial charge in [0.15, 0.2) is 0 Å². The van der Waals surface area contributed by atoms with Gasteiger partial charge in [-0.2, -0.15) is 23.5 Å². The Morgan fingerprint density at radius 3 is 2.47 bits per heavy atom. The van der Waals surface area contributed by atoms with E-state index in [2.05, 4.69) is 21.3 Å². The molecule has 11 nitrogen and oxygen atoms in total. The van der Waals surface area contributed by atoms with Crippen LogP contribution in [-0.2, 0) is 19.2 Å². The number of primary amides is 1. The van der Waals surface area contributed by atoms with Crippen LogP contribution in [0.3, 0.4) is 0 Å². The number of hydrogen-bond donors (Lipinski definition) is 5. The number of thioether (sulfide) groups is 2. The number of benzene rings is 1. The lowest BCUT2D eigenvalue weighted by Gasteiger charge is -2.29. The molecule has 1 aromatic rings. The maximum Gasteiger partial charge on any atom is 0.319 e. The molecule has 0 aromatic heterocycles. The molecule has 0 spiro atoms. The Morgan fingerprint density at radius 1 is 1.13 bits per heavy atom. The van der Waals surface area contributed by atoms with Crippen LogP contribution in [0, 0.1) is 11.6 Å². The summed E-state index contributed by atoms with van der Waals surface area (Å²) < 4.78 is 27.1. The van der Waals surface area contributed by atoms with E-state index in [-0.39, 0.29) is 49.2 Å². The summed E-state index contributed by atoms with van der Waals surface area (Å²) in [5.74, 6) is -3.36. The third kappa shape index (κ3) is 9.35. The Morgan fingerprint density at radius 2 is 1.84 bits per heavy atom. The zero-order valence-electron chi connectivity index (χ0n) is 21.1. The molecule has 1 aliphatic heterocycles. The van der Waals surface area contributed by atoms with E-state index in [1.165, 1.54) is 28.4 Å². The highest BCUT2D eigenvalue weighted by atomic mass is 32.2. The van der Waals surface area contributed by atoms with Gasteiger partial charge in [-0.1, -0.05) is 0 Å². The molecular weight excluding hydrogens is 542 g/mol. The van der Waals surface area contributed by atoms with Crippen molar-refractivity contribution >= 4 is 58.9 Å². The number of rotatable bonds is 13. The fraction of sp³-hybridized carbons (Fsp3) is 0.522. The van der Waals surface area contributed by atoms with Gasteiger partial charge in [0.2, 0.25) is 23.6 Å². The second-order valence-corrected chi connectivity index (χ2v) is 10.2. The molecule has 38 heavy (non-hydrogen) atoms. The molecule has 0 radical (unpaired) electrons. The molecule has 3 atom stereocenters. The Labute approximate surface area is 227 Å². The molecule has 2 rings (SSSR count). The minimum atomic E-state index is -1.15. The minimum absolute atomic E-state index is 0.0957. The highest BCUT2D eigenvalue weighted by molar-refractivity contribution is 7.99. The van der Waals surface area contributed by atoms with Crippen molar-refractivity contribution in [2.75, 3.05) is 42.4 Å². The first kappa shape index (κ1) is 31.1. The van der Waals surface area contributed by atoms with Gasteiger partial charge in [0.25, 0.3) is 0 Å². The molecule has 6 N–H and O–H groups in total. The zero-order valence-corrected chi connectivity index (χ0v) is 22.7. The van der Waals surface area contributed by atoms with Crippen molar-refractivity contribution in [1.82, 2.24) is 20.9 Å². The summed E-state index contributed by atoms with van der Waals surface area (Å²) in [6.45, 7) is 0.446. The van der Waals surface area contributed by atoms with Gasteiger partial charge in [-0.15, -0.1) is 0 Å². The van der Waals surface area contributed by atoms with Gasteiger partial charge < -0.3 is 31.9 Å². The van der Waals surface area contributed by atoms with Crippen LogP contribution < -0.4 is 27.0 Å². The van der Waals surface area contributed by atoms with Crippen molar-refractivity contribution in [2.45, 2.75) is 37.4 Å². The summed E-state index contributed by atoms with van der Waals surface area (Å²) in [6.07, 6.45) is 4.25. The lowest BCUT2D eigenvalue weighted by molar-refractivity contribution is -0.138. The van der Waals surface area contributed by atoms with Gasteiger partial charge in [0, 0.05) is 19.2 Å². The Balaban J connectivity index is 2.09. The first-order chi connectivity index (χ1) is 18.1. The summed E-state index contributed by atoms with van der Waals surface area (Å²) >= 11 is 2.63. The molecule has 0 saturated carbocycles. The molecule has 1 heterocycles. The first-order valence-corrected chi connectivity index (χ1v) is 14.5. The van der Waals surface area contributed by atoms with Crippen molar-refractivity contribution in [3.8, 4) is 0 Å². The number of nitrogens with zero attached hydrogens (tertiary/aromatic N) is 1. The Kier molecular flexibility index (Phi) is 12.6. The maximum absolute atomic E-state index is 13.9. The number of anilines is 1. The van der Waals surface area contributed by atoms with E-state index < -0.39 is 47.6 Å². The molecule has 15 heteroatoms. The molecule has 210 valence electrons. The molecule has 1 aromatic carbocycles. The number of hydrogen-bond acceptors (Lipinski definition) is 7. The second kappa shape index (κ2) is 15.4. The average Bonchev–Trinajstić information content (AvgIpc) is 3.26. The fourth-order valence-corrected chi connectivity index (χ4v) is 4.71. The van der Waals surface area contributed by atoms with Crippen molar-refractivity contribution in [3.63, 3.8) is 0 Å². The third-order valence-corrected chi connectivity index (χ3v) is 6.76. The summed E-state index contributed by atoms with van der Waals surface area (Å²) in [5, 5.41) is 10.1. The van der Waals surface area contributed by atoms with Crippen LogP contribution in [0.5, 0.6) is 0 Å². The van der Waals surface area contributed by atoms with Crippen LogP contribution >= 0.6 is 23.5 Å². The fourth-order valence-electron chi connectivity index (χ4n) is 3.93. The molecule has 6 amide bonds. The zero-order chi connectivity index (χ0) is 28.2. The molecule has 1 fully saturated rings. The molecular formula is C23H32F2N6O5S2. The topological polar surface area (TPSA) is 163 Å². The van der Waals surface area contributed by atoms with E-state index >= 15 is 0 Å². The van der Waals surface area contributed by atoms with Crippen LogP contribution in [0.2, 0.25) is 0 Å². The van der Waals surface area contributed by atoms with Gasteiger partial charge in [-0.25, -0.2) is 13.6 Å². The maximum atomic E-state index is 13.9. The SMILES string of the molecule is CSCC(=O)NCCCC(NC(=O)C1C(NC(=O)Nc2ccc(F)cc2F)CCN1C(=O)CSC)C(N)=O. The molecule has 0 bridgehead atoms. The number of nitrogens with one attached hydrogen (secondary N) is 4. The number of carbonyl (C=O) groups is 5. The van der Waals surface area contributed by atoms with E-state index in [0.29, 0.717) is 18.2 Å². The Hall–Kier alpha value is -3.07. The van der Waals surface area contributed by atoms with Gasteiger partial charge in [0.1, 0.15) is 23.7 Å². The predicted octanol–water partition coefficient (Wildman–Crippen LogP) is 0.648. The quantitative estimate of drug-likeness (QED) is 0.216. The number of nitrogens with two attached hydrogens (primary N) is 1. The lowest BCUT2D eigenvalue weighted by atomic mass is 10.1. The van der Waals surface area contributed by atoms with Crippen LogP contribution in [0.25, 0.3) is 0 Å². The van der Waals surface area contributed by atoms with Crippen molar-refractivity contribution in [3.05, 3.63) is 29.8 Å². The number of carbonyl (C=O) groups excluding carboxylic acids is 5. The smallest absolute Gasteiger partial charge is 0.319 e. The first-order valence-electron chi connectivity index (χ1n) is 11.7. The van der Waals surface area contributed by atoms with E-state index in [1.807, 2.05) is 0 Å². The van der Waals surface area contributed by atoms with Crippen LogP contribution in [0.15, 0.2) is 18.2 Å². The van der Waals surface area contributed by atoms with Gasteiger partial charge >= 0.3 is 6.03 Å². The number of likely N-dealkylation sites (tertiary alicyclic amines) is 1. The van der Waals surface area contributed by atoms with E-state index in [1.54, 1.807) is 12.5 Å². The number of halogens is 2. The highest BCUT2D eigenvalue weighted by Gasteiger charge is 2.43. The van der Waals surface area contributed by atoms with Gasteiger partial charge in [0.05, 0.1) is 23.2 Å². The highest BCUT2D eigenvalue weighted by Crippen LogP contribution is 2.21. The summed E-state index contributed by atoms with van der Waals surface area (Å²) in [6, 6.07) is -1.29. The largest absolute Gasteiger partial charge is 0.368 e. The van der Waals surface area contributed by atoms with E-state index in [0.717, 1.165) is 12.1 Å². The van der Waals surface area contributed by atoms with Crippen molar-refractivity contribution < 1.29 is 32.8 Å². The van der Waals surface area contributed by atoms with E-state index in [4.69, 9.17) is 5.73 Å². The Bertz CT molecular complexity index is 1030. The molecule has 1 aliphatic rings. The lowest BCUT2D eigenvalue weighted by Crippen LogP contribution is -2.58. The average molecular weight is 575 g/mol. The normalized spacial score (nSPS) is 17.4. The third-order valence-electron chi connectivity index (χ3n) is 5.68. The van der Waals surface area contributed by atoms with E-state index in [9.17, 15) is 32.8 Å². The number of amides is 6. The second-order valence-electron chi connectivity index (χ2n) is 8.47. The predicted molar refractivity (Wildman–Crippen MR) is 143 cm³/mol. The van der Waals surface area contributed by atoms with Crippen LogP contribution in [0.1, 0.15) is 19.3 Å². The standard InChI is InChI=1S/C23H32F2N6O5S2/c1-37-11-18(32)27-8-3-4-17(21(26)34)28-22(35)20-16(7-9-31(20)19(33)12-38-2)30-23(36)29-15-6-5-13(24)10-14(15)25/h5-6,10,16-17,20H,3-4,7-9,11-12H2,1-2H3,(H2,26,34)(H,27,32)(H,28,35)(H2,29,30,36). The monoisotopic (exact) mass is 574 g/mol. The summed E-state index contributed by atoms with van der Waals surface area (Å²) in [5.41, 5.74) is 5.20. The molecule has 3 unspecified atom stereocenters. The van der Waals surface area contributed by atoms with Crippen LogP contribution in [-0.4, -0.2) is 89.8 Å². The van der Waals surface area contributed by atoms with Crippen molar-refractivity contribution in [1.29, 1.82) is 0 Å². The molecule has 1 saturated heterocycles. The molecule has 0 aliphatic carbocycles. The summed E-state index contributed by atoms with van der Waals surface area (Å²) in [4.78, 5) is 63.4.